The number of aliphatic hydroxyl groups is 1. The van der Waals surface area contributed by atoms with Crippen molar-refractivity contribution in [2.75, 3.05) is 39.0 Å². The monoisotopic (exact) mass is 355 g/mol. The van der Waals surface area contributed by atoms with E-state index in [2.05, 4.69) is 27.9 Å². The van der Waals surface area contributed by atoms with Crippen LogP contribution in [0.2, 0.25) is 0 Å². The third-order valence-electron chi connectivity index (χ3n) is 3.97. The fourth-order valence-corrected chi connectivity index (χ4v) is 2.95. The van der Waals surface area contributed by atoms with Gasteiger partial charge in [0.1, 0.15) is 0 Å². The number of likely N-dealkylation sites (tertiary alicyclic amines) is 1. The predicted octanol–water partition coefficient (Wildman–Crippen LogP) is 1.56. The number of rotatable bonds is 4. The minimum Gasteiger partial charge on any atom is -0.398 e. The number of hydrogen-bond donors (Lipinski definition) is 2. The second kappa shape index (κ2) is 7.24. The molecule has 1 aromatic rings. The van der Waals surface area contributed by atoms with E-state index in [1.54, 1.807) is 23.1 Å². The average Bonchev–Trinajstić information content (AvgIpc) is 2.48. The molecule has 2 rings (SSSR count). The zero-order valence-electron chi connectivity index (χ0n) is 12.3. The SMILES string of the molecule is CN1CCC(N(CCO)C(=O)c2ccc(Br)c(N)c2)CC1. The summed E-state index contributed by atoms with van der Waals surface area (Å²) in [4.78, 5) is 16.8. The van der Waals surface area contributed by atoms with Crippen LogP contribution < -0.4 is 5.73 Å². The highest BCUT2D eigenvalue weighted by atomic mass is 79.9. The Labute approximate surface area is 133 Å². The molecule has 1 aliphatic rings. The first-order valence-corrected chi connectivity index (χ1v) is 7.97. The summed E-state index contributed by atoms with van der Waals surface area (Å²) in [6.07, 6.45) is 1.88. The molecule has 1 saturated heterocycles. The molecule has 1 aromatic carbocycles. The Balaban J connectivity index is 2.16. The average molecular weight is 356 g/mol. The highest BCUT2D eigenvalue weighted by Gasteiger charge is 2.27. The van der Waals surface area contributed by atoms with E-state index in [0.29, 0.717) is 17.8 Å². The molecule has 0 bridgehead atoms. The summed E-state index contributed by atoms with van der Waals surface area (Å²) in [6, 6.07) is 5.42. The zero-order valence-corrected chi connectivity index (χ0v) is 13.8. The molecular weight excluding hydrogens is 334 g/mol. The number of halogens is 1. The minimum atomic E-state index is -0.0576. The summed E-state index contributed by atoms with van der Waals surface area (Å²) >= 11 is 3.33. The molecule has 0 aromatic heterocycles. The lowest BCUT2D eigenvalue weighted by Gasteiger charge is -2.37. The maximum atomic E-state index is 12.7. The van der Waals surface area contributed by atoms with Crippen LogP contribution in [0.4, 0.5) is 5.69 Å². The second-order valence-corrected chi connectivity index (χ2v) is 6.35. The number of amides is 1. The molecule has 116 valence electrons. The first-order chi connectivity index (χ1) is 10.0. The third-order valence-corrected chi connectivity index (χ3v) is 4.70. The van der Waals surface area contributed by atoms with E-state index in [1.807, 2.05) is 0 Å². The number of benzene rings is 1. The van der Waals surface area contributed by atoms with Crippen molar-refractivity contribution in [1.29, 1.82) is 0 Å². The summed E-state index contributed by atoms with van der Waals surface area (Å²) in [6.45, 7) is 2.29. The molecule has 6 heteroatoms. The number of aliphatic hydroxyl groups excluding tert-OH is 1. The lowest BCUT2D eigenvalue weighted by atomic mass is 10.0. The van der Waals surface area contributed by atoms with Gasteiger partial charge in [-0.05, 0) is 67.1 Å². The first kappa shape index (κ1) is 16.3. The van der Waals surface area contributed by atoms with Gasteiger partial charge in [-0.2, -0.15) is 0 Å². The molecule has 1 heterocycles. The van der Waals surface area contributed by atoms with Crippen LogP contribution in [0.1, 0.15) is 23.2 Å². The molecule has 21 heavy (non-hydrogen) atoms. The van der Waals surface area contributed by atoms with Crippen molar-refractivity contribution in [2.24, 2.45) is 0 Å². The molecule has 0 aliphatic carbocycles. The molecule has 5 nitrogen and oxygen atoms in total. The fourth-order valence-electron chi connectivity index (χ4n) is 2.71. The molecule has 0 unspecified atom stereocenters. The normalized spacial score (nSPS) is 16.9. The highest BCUT2D eigenvalue weighted by molar-refractivity contribution is 9.10. The van der Waals surface area contributed by atoms with Crippen molar-refractivity contribution >= 4 is 27.5 Å². The number of piperidine rings is 1. The Bertz CT molecular complexity index is 502. The lowest BCUT2D eigenvalue weighted by molar-refractivity contribution is 0.0540. The Kier molecular flexibility index (Phi) is 5.61. The zero-order chi connectivity index (χ0) is 15.4. The van der Waals surface area contributed by atoms with E-state index in [-0.39, 0.29) is 18.6 Å². The Hall–Kier alpha value is -1.11. The Morgan fingerprint density at radius 2 is 2.14 bits per heavy atom. The van der Waals surface area contributed by atoms with Crippen molar-refractivity contribution in [3.05, 3.63) is 28.2 Å². The number of nitrogen functional groups attached to an aromatic ring is 1. The van der Waals surface area contributed by atoms with Gasteiger partial charge in [0.2, 0.25) is 0 Å². The number of nitrogens with zero attached hydrogens (tertiary/aromatic N) is 2. The van der Waals surface area contributed by atoms with Crippen LogP contribution >= 0.6 is 15.9 Å². The van der Waals surface area contributed by atoms with Gasteiger partial charge >= 0.3 is 0 Å². The van der Waals surface area contributed by atoms with Crippen LogP contribution in [0, 0.1) is 0 Å². The van der Waals surface area contributed by atoms with Crippen LogP contribution in [0.5, 0.6) is 0 Å². The Morgan fingerprint density at radius 3 is 2.71 bits per heavy atom. The van der Waals surface area contributed by atoms with Gasteiger partial charge < -0.3 is 20.6 Å². The summed E-state index contributed by atoms with van der Waals surface area (Å²) in [7, 11) is 2.09. The van der Waals surface area contributed by atoms with E-state index in [9.17, 15) is 9.90 Å². The Morgan fingerprint density at radius 1 is 1.48 bits per heavy atom. The maximum absolute atomic E-state index is 12.7. The maximum Gasteiger partial charge on any atom is 0.254 e. The van der Waals surface area contributed by atoms with Crippen LogP contribution in [0.15, 0.2) is 22.7 Å². The van der Waals surface area contributed by atoms with Gasteiger partial charge in [0, 0.05) is 28.3 Å². The van der Waals surface area contributed by atoms with Gasteiger partial charge in [-0.3, -0.25) is 4.79 Å². The van der Waals surface area contributed by atoms with Gasteiger partial charge in [0.05, 0.1) is 6.61 Å². The number of anilines is 1. The standard InChI is InChI=1S/C15H22BrN3O2/c1-18-6-4-12(5-7-18)19(8-9-20)15(21)11-2-3-13(16)14(17)10-11/h2-3,10,12,20H,4-9,17H2,1H3. The predicted molar refractivity (Wildman–Crippen MR) is 87.2 cm³/mol. The van der Waals surface area contributed by atoms with Gasteiger partial charge in [-0.1, -0.05) is 0 Å². The molecule has 0 saturated carbocycles. The summed E-state index contributed by atoms with van der Waals surface area (Å²) in [5.41, 5.74) is 6.98. The first-order valence-electron chi connectivity index (χ1n) is 7.18. The van der Waals surface area contributed by atoms with E-state index in [4.69, 9.17) is 5.73 Å². The molecule has 1 aliphatic heterocycles. The van der Waals surface area contributed by atoms with E-state index in [0.717, 1.165) is 30.4 Å². The smallest absolute Gasteiger partial charge is 0.254 e. The number of carbonyl (C=O) groups is 1. The largest absolute Gasteiger partial charge is 0.398 e. The van der Waals surface area contributed by atoms with Gasteiger partial charge in [-0.25, -0.2) is 0 Å². The van der Waals surface area contributed by atoms with E-state index < -0.39 is 0 Å². The molecule has 0 radical (unpaired) electrons. The van der Waals surface area contributed by atoms with Crippen molar-refractivity contribution < 1.29 is 9.90 Å². The van der Waals surface area contributed by atoms with Crippen LogP contribution in [-0.4, -0.2) is 60.1 Å². The summed E-state index contributed by atoms with van der Waals surface area (Å²) in [5, 5.41) is 9.28. The number of nitrogens with two attached hydrogens (primary N) is 1. The molecule has 0 spiro atoms. The van der Waals surface area contributed by atoms with Gasteiger partial charge in [0.15, 0.2) is 0 Å². The van der Waals surface area contributed by atoms with Crippen LogP contribution in [0.3, 0.4) is 0 Å². The molecule has 3 N–H and O–H groups in total. The quantitative estimate of drug-likeness (QED) is 0.804. The van der Waals surface area contributed by atoms with Crippen LogP contribution in [-0.2, 0) is 0 Å². The van der Waals surface area contributed by atoms with Crippen LogP contribution in [0.25, 0.3) is 0 Å². The molecular formula is C15H22BrN3O2. The lowest BCUT2D eigenvalue weighted by Crippen LogP contribution is -2.47. The molecule has 1 fully saturated rings. The van der Waals surface area contributed by atoms with E-state index in [1.165, 1.54) is 0 Å². The molecule has 1 amide bonds. The van der Waals surface area contributed by atoms with Crippen molar-refractivity contribution in [2.45, 2.75) is 18.9 Å². The van der Waals surface area contributed by atoms with Gasteiger partial charge in [-0.15, -0.1) is 0 Å². The number of hydrogen-bond acceptors (Lipinski definition) is 4. The number of carbonyl (C=O) groups excluding carboxylic acids is 1. The van der Waals surface area contributed by atoms with Crippen molar-refractivity contribution in [3.8, 4) is 0 Å². The summed E-state index contributed by atoms with van der Waals surface area (Å²) in [5.74, 6) is -0.0576. The van der Waals surface area contributed by atoms with Crippen molar-refractivity contribution in [3.63, 3.8) is 0 Å². The molecule has 0 atom stereocenters. The third kappa shape index (κ3) is 3.96. The van der Waals surface area contributed by atoms with Gasteiger partial charge in [0.25, 0.3) is 5.91 Å². The highest BCUT2D eigenvalue weighted by Crippen LogP contribution is 2.23. The second-order valence-electron chi connectivity index (χ2n) is 5.49. The summed E-state index contributed by atoms with van der Waals surface area (Å²) < 4.78 is 0.784. The fraction of sp³-hybridized carbons (Fsp3) is 0.533. The van der Waals surface area contributed by atoms with E-state index >= 15 is 0 Å². The minimum absolute atomic E-state index is 0.0237. The topological polar surface area (TPSA) is 69.8 Å². The van der Waals surface area contributed by atoms with Crippen molar-refractivity contribution in [1.82, 2.24) is 9.80 Å².